The first kappa shape index (κ1) is 16.8. The molecule has 1 aliphatic carbocycles. The second kappa shape index (κ2) is 9.42. The maximum atomic E-state index is 12.3. The van der Waals surface area contributed by atoms with E-state index in [0.717, 1.165) is 64.4 Å². The summed E-state index contributed by atoms with van der Waals surface area (Å²) in [6.45, 7) is 8.60. The van der Waals surface area contributed by atoms with Crippen LogP contribution in [-0.2, 0) is 4.79 Å². The van der Waals surface area contributed by atoms with Crippen molar-refractivity contribution in [2.45, 2.75) is 51.9 Å². The average Bonchev–Trinajstić information content (AvgIpc) is 3.03. The lowest BCUT2D eigenvalue weighted by Crippen LogP contribution is -2.44. The van der Waals surface area contributed by atoms with Crippen LogP contribution in [-0.4, -0.2) is 50.1 Å². The van der Waals surface area contributed by atoms with Gasteiger partial charge in [-0.05, 0) is 31.7 Å². The molecule has 0 bridgehead atoms. The van der Waals surface area contributed by atoms with Crippen molar-refractivity contribution in [3.8, 4) is 0 Å². The van der Waals surface area contributed by atoms with Crippen molar-refractivity contribution in [1.82, 2.24) is 15.5 Å². The summed E-state index contributed by atoms with van der Waals surface area (Å²) in [5.74, 6) is 1.35. The van der Waals surface area contributed by atoms with E-state index in [-0.39, 0.29) is 5.92 Å². The maximum absolute atomic E-state index is 12.3. The molecule has 2 N–H and O–H groups in total. The van der Waals surface area contributed by atoms with Crippen LogP contribution in [0.15, 0.2) is 0 Å². The second-order valence-corrected chi connectivity index (χ2v) is 6.73. The average molecular weight is 295 g/mol. The van der Waals surface area contributed by atoms with Gasteiger partial charge in [0, 0.05) is 38.6 Å². The zero-order chi connectivity index (χ0) is 14.9. The molecular formula is C17H33N3O. The summed E-state index contributed by atoms with van der Waals surface area (Å²) in [6.07, 6.45) is 8.59. The highest BCUT2D eigenvalue weighted by molar-refractivity contribution is 5.78. The van der Waals surface area contributed by atoms with Crippen LogP contribution in [0.4, 0.5) is 0 Å². The molecule has 4 heteroatoms. The highest BCUT2D eigenvalue weighted by atomic mass is 16.1. The van der Waals surface area contributed by atoms with Gasteiger partial charge in [0.2, 0.25) is 5.91 Å². The Kier molecular flexibility index (Phi) is 7.51. The summed E-state index contributed by atoms with van der Waals surface area (Å²) >= 11 is 0. The fourth-order valence-corrected chi connectivity index (χ4v) is 3.70. The Morgan fingerprint density at radius 1 is 1.29 bits per heavy atom. The van der Waals surface area contributed by atoms with Crippen molar-refractivity contribution in [3.63, 3.8) is 0 Å². The minimum Gasteiger partial charge on any atom is -0.356 e. The first-order valence-electron chi connectivity index (χ1n) is 9.00. The molecule has 1 saturated heterocycles. The van der Waals surface area contributed by atoms with Crippen LogP contribution in [0.2, 0.25) is 0 Å². The highest BCUT2D eigenvalue weighted by Gasteiger charge is 2.23. The van der Waals surface area contributed by atoms with Crippen molar-refractivity contribution in [1.29, 1.82) is 0 Å². The summed E-state index contributed by atoms with van der Waals surface area (Å²) in [6, 6.07) is 0. The predicted molar refractivity (Wildman–Crippen MR) is 87.3 cm³/mol. The molecule has 2 aliphatic rings. The van der Waals surface area contributed by atoms with E-state index < -0.39 is 0 Å². The fraction of sp³-hybridized carbons (Fsp3) is 0.941. The fourth-order valence-electron chi connectivity index (χ4n) is 3.70. The third kappa shape index (κ3) is 5.95. The number of piperazine rings is 1. The van der Waals surface area contributed by atoms with E-state index in [4.69, 9.17) is 0 Å². The highest BCUT2D eigenvalue weighted by Crippen LogP contribution is 2.31. The lowest BCUT2D eigenvalue weighted by Gasteiger charge is -2.27. The van der Waals surface area contributed by atoms with E-state index in [9.17, 15) is 4.79 Å². The molecule has 0 radical (unpaired) electrons. The topological polar surface area (TPSA) is 44.4 Å². The number of rotatable bonds is 8. The molecule has 0 aromatic carbocycles. The molecule has 4 nitrogen and oxygen atoms in total. The molecule has 0 spiro atoms. The minimum atomic E-state index is 0.243. The number of hydrogen-bond acceptors (Lipinski definition) is 3. The predicted octanol–water partition coefficient (Wildman–Crippen LogP) is 2.00. The van der Waals surface area contributed by atoms with Crippen LogP contribution < -0.4 is 10.6 Å². The van der Waals surface area contributed by atoms with Gasteiger partial charge in [-0.25, -0.2) is 0 Å². The molecule has 1 heterocycles. The summed E-state index contributed by atoms with van der Waals surface area (Å²) in [5.41, 5.74) is 0. The van der Waals surface area contributed by atoms with Crippen LogP contribution in [0, 0.1) is 11.8 Å². The molecule has 2 rings (SSSR count). The Hall–Kier alpha value is -0.610. The molecule has 0 aromatic rings. The molecule has 1 aliphatic heterocycles. The number of amides is 1. The van der Waals surface area contributed by atoms with Gasteiger partial charge in [-0.2, -0.15) is 0 Å². The van der Waals surface area contributed by atoms with E-state index in [1.165, 1.54) is 25.7 Å². The van der Waals surface area contributed by atoms with Crippen LogP contribution in [0.3, 0.4) is 0 Å². The van der Waals surface area contributed by atoms with Crippen LogP contribution in [0.25, 0.3) is 0 Å². The van der Waals surface area contributed by atoms with E-state index in [1.54, 1.807) is 0 Å². The van der Waals surface area contributed by atoms with Crippen molar-refractivity contribution >= 4 is 5.91 Å². The smallest absolute Gasteiger partial charge is 0.223 e. The Balaban J connectivity index is 1.58. The molecule has 1 atom stereocenters. The third-order valence-corrected chi connectivity index (χ3v) is 5.12. The van der Waals surface area contributed by atoms with Crippen molar-refractivity contribution in [2.75, 3.05) is 39.3 Å². The number of carbonyl (C=O) groups is 1. The Bertz CT molecular complexity index is 296. The van der Waals surface area contributed by atoms with Gasteiger partial charge in [-0.15, -0.1) is 0 Å². The monoisotopic (exact) mass is 295 g/mol. The number of nitrogens with one attached hydrogen (secondary N) is 2. The Morgan fingerprint density at radius 3 is 2.67 bits per heavy atom. The molecule has 1 saturated carbocycles. The lowest BCUT2D eigenvalue weighted by atomic mass is 9.91. The van der Waals surface area contributed by atoms with E-state index in [1.807, 2.05) is 0 Å². The summed E-state index contributed by atoms with van der Waals surface area (Å²) in [7, 11) is 0. The van der Waals surface area contributed by atoms with Crippen molar-refractivity contribution in [3.05, 3.63) is 0 Å². The zero-order valence-electron chi connectivity index (χ0n) is 13.7. The van der Waals surface area contributed by atoms with Gasteiger partial charge in [0.1, 0.15) is 0 Å². The third-order valence-electron chi connectivity index (χ3n) is 5.12. The first-order valence-corrected chi connectivity index (χ1v) is 9.00. The van der Waals surface area contributed by atoms with Gasteiger partial charge in [0.15, 0.2) is 0 Å². The van der Waals surface area contributed by atoms with Crippen molar-refractivity contribution in [2.24, 2.45) is 11.8 Å². The second-order valence-electron chi connectivity index (χ2n) is 6.73. The summed E-state index contributed by atoms with van der Waals surface area (Å²) in [4.78, 5) is 14.8. The van der Waals surface area contributed by atoms with E-state index in [2.05, 4.69) is 22.5 Å². The van der Waals surface area contributed by atoms with Gasteiger partial charge in [-0.3, -0.25) is 4.79 Å². The minimum absolute atomic E-state index is 0.243. The molecular weight excluding hydrogens is 262 g/mol. The van der Waals surface area contributed by atoms with Crippen LogP contribution in [0.5, 0.6) is 0 Å². The molecule has 2 fully saturated rings. The van der Waals surface area contributed by atoms with Crippen LogP contribution >= 0.6 is 0 Å². The standard InChI is InChI=1S/C17H33N3O/c1-2-16(14-15-6-3-4-7-15)17(21)19-8-5-11-20-12-9-18-10-13-20/h15-16,18H,2-14H2,1H3,(H,19,21). The van der Waals surface area contributed by atoms with Gasteiger partial charge < -0.3 is 15.5 Å². The van der Waals surface area contributed by atoms with Gasteiger partial charge >= 0.3 is 0 Å². The molecule has 21 heavy (non-hydrogen) atoms. The largest absolute Gasteiger partial charge is 0.356 e. The maximum Gasteiger partial charge on any atom is 0.223 e. The Labute approximate surface area is 130 Å². The van der Waals surface area contributed by atoms with Gasteiger partial charge in [-0.1, -0.05) is 32.6 Å². The number of hydrogen-bond donors (Lipinski definition) is 2. The zero-order valence-corrected chi connectivity index (χ0v) is 13.7. The van der Waals surface area contributed by atoms with E-state index in [0.29, 0.717) is 5.91 Å². The van der Waals surface area contributed by atoms with Crippen LogP contribution in [0.1, 0.15) is 51.9 Å². The van der Waals surface area contributed by atoms with E-state index >= 15 is 0 Å². The normalized spacial score (nSPS) is 22.3. The number of carbonyl (C=O) groups excluding carboxylic acids is 1. The summed E-state index contributed by atoms with van der Waals surface area (Å²) < 4.78 is 0. The number of nitrogens with zero attached hydrogens (tertiary/aromatic N) is 1. The molecule has 122 valence electrons. The SMILES string of the molecule is CCC(CC1CCCC1)C(=O)NCCCN1CCNCC1. The lowest BCUT2D eigenvalue weighted by molar-refractivity contribution is -0.125. The van der Waals surface area contributed by atoms with Crippen molar-refractivity contribution < 1.29 is 4.79 Å². The van der Waals surface area contributed by atoms with Gasteiger partial charge in [0.05, 0.1) is 0 Å². The van der Waals surface area contributed by atoms with Gasteiger partial charge in [0.25, 0.3) is 0 Å². The molecule has 1 unspecified atom stereocenters. The Morgan fingerprint density at radius 2 is 2.00 bits per heavy atom. The molecule has 1 amide bonds. The quantitative estimate of drug-likeness (QED) is 0.673. The molecule has 0 aromatic heterocycles. The summed E-state index contributed by atoms with van der Waals surface area (Å²) in [5, 5.41) is 6.53. The first-order chi connectivity index (χ1) is 10.3.